The molecule has 156 valence electrons. The van der Waals surface area contributed by atoms with E-state index in [0.29, 0.717) is 19.4 Å². The van der Waals surface area contributed by atoms with Crippen LogP contribution in [0.4, 0.5) is 0 Å². The molecule has 0 spiro atoms. The Balaban J connectivity index is 1.70. The van der Waals surface area contributed by atoms with E-state index >= 15 is 0 Å². The molecule has 0 radical (unpaired) electrons. The van der Waals surface area contributed by atoms with Crippen LogP contribution < -0.4 is 5.73 Å². The summed E-state index contributed by atoms with van der Waals surface area (Å²) >= 11 is 0. The summed E-state index contributed by atoms with van der Waals surface area (Å²) in [5, 5.41) is 0. The van der Waals surface area contributed by atoms with Crippen molar-refractivity contribution in [2.45, 2.75) is 31.8 Å². The quantitative estimate of drug-likeness (QED) is 0.642. The molecule has 1 aliphatic heterocycles. The maximum atomic E-state index is 13.8. The highest BCUT2D eigenvalue weighted by molar-refractivity contribution is 6.09. The molecule has 4 rings (SSSR count). The Morgan fingerprint density at radius 2 is 1.48 bits per heavy atom. The van der Waals surface area contributed by atoms with Crippen LogP contribution >= 0.6 is 0 Å². The third-order valence-electron chi connectivity index (χ3n) is 5.62. The molecule has 0 aliphatic carbocycles. The van der Waals surface area contributed by atoms with Crippen molar-refractivity contribution in [2.75, 3.05) is 0 Å². The normalized spacial score (nSPS) is 15.1. The van der Waals surface area contributed by atoms with Gasteiger partial charge in [-0.2, -0.15) is 0 Å². The second kappa shape index (κ2) is 8.56. The highest BCUT2D eigenvalue weighted by Gasteiger charge is 2.50. The van der Waals surface area contributed by atoms with Crippen LogP contribution in [0.25, 0.3) is 0 Å². The summed E-state index contributed by atoms with van der Waals surface area (Å²) < 4.78 is 0. The molecular formula is C26H25N3O2. The van der Waals surface area contributed by atoms with E-state index in [2.05, 4.69) is 0 Å². The lowest BCUT2D eigenvalue weighted by molar-refractivity contribution is -0.130. The van der Waals surface area contributed by atoms with Gasteiger partial charge in [-0.1, -0.05) is 91.9 Å². The number of Topliss-reactive ketones (excluding diaryl/α,β-unsaturated/α-hetero) is 1. The van der Waals surface area contributed by atoms with Gasteiger partial charge < -0.3 is 5.73 Å². The van der Waals surface area contributed by atoms with E-state index in [1.54, 1.807) is 0 Å². The van der Waals surface area contributed by atoms with E-state index in [1.165, 1.54) is 4.90 Å². The van der Waals surface area contributed by atoms with Crippen LogP contribution in [-0.2, 0) is 28.1 Å². The molecule has 0 aromatic heterocycles. The first-order valence-electron chi connectivity index (χ1n) is 10.4. The van der Waals surface area contributed by atoms with Gasteiger partial charge in [0.25, 0.3) is 5.91 Å². The molecule has 1 aliphatic rings. The molecule has 2 N–H and O–H groups in total. The number of rotatable bonds is 7. The SMILES string of the molecule is CCC(=O)Cc1cccc(CN2C(=O)C(c3ccccc3)(c3ccccc3)N=C2N)c1. The summed E-state index contributed by atoms with van der Waals surface area (Å²) in [6.45, 7) is 2.16. The van der Waals surface area contributed by atoms with Gasteiger partial charge in [0, 0.05) is 12.8 Å². The molecule has 1 amide bonds. The van der Waals surface area contributed by atoms with Crippen molar-refractivity contribution in [3.05, 3.63) is 107 Å². The number of carbonyl (C=O) groups is 2. The van der Waals surface area contributed by atoms with Crippen LogP contribution in [0.1, 0.15) is 35.6 Å². The largest absolute Gasteiger partial charge is 0.369 e. The molecule has 0 unspecified atom stereocenters. The van der Waals surface area contributed by atoms with Crippen LogP contribution in [0, 0.1) is 0 Å². The molecule has 3 aromatic carbocycles. The van der Waals surface area contributed by atoms with Crippen LogP contribution in [0.15, 0.2) is 89.9 Å². The topological polar surface area (TPSA) is 75.8 Å². The second-order valence-corrected chi connectivity index (χ2v) is 7.69. The number of ketones is 1. The van der Waals surface area contributed by atoms with E-state index in [9.17, 15) is 9.59 Å². The number of hydrogen-bond acceptors (Lipinski definition) is 4. The van der Waals surface area contributed by atoms with Crippen molar-refractivity contribution in [1.82, 2.24) is 4.90 Å². The zero-order chi connectivity index (χ0) is 21.8. The number of nitrogens with zero attached hydrogens (tertiary/aromatic N) is 2. The minimum absolute atomic E-state index is 0.183. The molecule has 5 nitrogen and oxygen atoms in total. The second-order valence-electron chi connectivity index (χ2n) is 7.69. The Kier molecular flexibility index (Phi) is 5.67. The standard InChI is InChI=1S/C26H25N3O2/c1-2-23(30)17-19-10-9-11-20(16-19)18-29-24(31)26(28-25(29)27,21-12-5-3-6-13-21)22-14-7-4-8-15-22/h3-16H,2,17-18H2,1H3,(H2,27,28). The smallest absolute Gasteiger partial charge is 0.266 e. The van der Waals surface area contributed by atoms with Gasteiger partial charge in [0.2, 0.25) is 0 Å². The molecule has 0 atom stereocenters. The fourth-order valence-electron chi connectivity index (χ4n) is 4.01. The average molecular weight is 412 g/mol. The number of guanidine groups is 1. The van der Waals surface area contributed by atoms with Gasteiger partial charge in [0.1, 0.15) is 5.78 Å². The molecule has 0 saturated carbocycles. The first-order valence-corrected chi connectivity index (χ1v) is 10.4. The highest BCUT2D eigenvalue weighted by atomic mass is 16.2. The zero-order valence-corrected chi connectivity index (χ0v) is 17.5. The van der Waals surface area contributed by atoms with E-state index in [4.69, 9.17) is 10.7 Å². The van der Waals surface area contributed by atoms with Crippen molar-refractivity contribution in [1.29, 1.82) is 0 Å². The fourth-order valence-corrected chi connectivity index (χ4v) is 4.01. The predicted molar refractivity (Wildman–Crippen MR) is 121 cm³/mol. The number of amides is 1. The molecule has 1 heterocycles. The minimum Gasteiger partial charge on any atom is -0.369 e. The van der Waals surface area contributed by atoms with E-state index in [-0.39, 0.29) is 17.6 Å². The summed E-state index contributed by atoms with van der Waals surface area (Å²) in [7, 11) is 0. The molecule has 3 aromatic rings. The van der Waals surface area contributed by atoms with Crippen molar-refractivity contribution in [3.8, 4) is 0 Å². The minimum atomic E-state index is -1.21. The van der Waals surface area contributed by atoms with Gasteiger partial charge in [-0.25, -0.2) is 4.99 Å². The molecule has 0 fully saturated rings. The highest BCUT2D eigenvalue weighted by Crippen LogP contribution is 2.39. The number of hydrogen-bond donors (Lipinski definition) is 1. The molecule has 5 heteroatoms. The Morgan fingerprint density at radius 1 is 0.903 bits per heavy atom. The van der Waals surface area contributed by atoms with Crippen molar-refractivity contribution in [3.63, 3.8) is 0 Å². The van der Waals surface area contributed by atoms with Crippen molar-refractivity contribution < 1.29 is 9.59 Å². The van der Waals surface area contributed by atoms with E-state index in [1.807, 2.05) is 91.9 Å². The lowest BCUT2D eigenvalue weighted by Crippen LogP contribution is -2.43. The van der Waals surface area contributed by atoms with Gasteiger partial charge in [-0.3, -0.25) is 14.5 Å². The maximum absolute atomic E-state index is 13.8. The first-order chi connectivity index (χ1) is 15.0. The third kappa shape index (κ3) is 3.87. The van der Waals surface area contributed by atoms with Crippen molar-refractivity contribution >= 4 is 17.6 Å². The van der Waals surface area contributed by atoms with Crippen molar-refractivity contribution in [2.24, 2.45) is 10.7 Å². The average Bonchev–Trinajstić information content (AvgIpc) is 3.06. The lowest BCUT2D eigenvalue weighted by Gasteiger charge is -2.27. The van der Waals surface area contributed by atoms with Crippen LogP contribution in [0.3, 0.4) is 0 Å². The number of benzene rings is 3. The van der Waals surface area contributed by atoms with Crippen LogP contribution in [0.2, 0.25) is 0 Å². The summed E-state index contributed by atoms with van der Waals surface area (Å²) in [5.41, 5.74) is 8.50. The van der Waals surface area contributed by atoms with Gasteiger partial charge in [-0.05, 0) is 22.3 Å². The molecule has 31 heavy (non-hydrogen) atoms. The van der Waals surface area contributed by atoms with Gasteiger partial charge >= 0.3 is 0 Å². The third-order valence-corrected chi connectivity index (χ3v) is 5.62. The molecular weight excluding hydrogens is 386 g/mol. The first kappa shape index (κ1) is 20.5. The summed E-state index contributed by atoms with van der Waals surface area (Å²) in [6.07, 6.45) is 0.894. The predicted octanol–water partition coefficient (Wildman–Crippen LogP) is 3.81. The zero-order valence-electron chi connectivity index (χ0n) is 17.5. The monoisotopic (exact) mass is 411 g/mol. The Labute approximate surface area is 182 Å². The number of nitrogens with two attached hydrogens (primary N) is 1. The van der Waals surface area contributed by atoms with E-state index in [0.717, 1.165) is 22.3 Å². The summed E-state index contributed by atoms with van der Waals surface area (Å²) in [5.74, 6) is 0.188. The fraction of sp³-hybridized carbons (Fsp3) is 0.192. The Morgan fingerprint density at radius 3 is 2.06 bits per heavy atom. The van der Waals surface area contributed by atoms with Gasteiger partial charge in [-0.15, -0.1) is 0 Å². The molecule has 0 bridgehead atoms. The Bertz CT molecular complexity index is 1080. The lowest BCUT2D eigenvalue weighted by atomic mass is 9.83. The number of carbonyl (C=O) groups excluding carboxylic acids is 2. The van der Waals surface area contributed by atoms with Crippen LogP contribution in [-0.4, -0.2) is 22.5 Å². The Hall–Kier alpha value is -3.73. The summed E-state index contributed by atoms with van der Waals surface area (Å²) in [4.78, 5) is 31.9. The van der Waals surface area contributed by atoms with Gasteiger partial charge in [0.05, 0.1) is 6.54 Å². The molecule has 0 saturated heterocycles. The number of aliphatic imine (C=N–C) groups is 1. The van der Waals surface area contributed by atoms with E-state index < -0.39 is 5.54 Å². The maximum Gasteiger partial charge on any atom is 0.266 e. The van der Waals surface area contributed by atoms with Gasteiger partial charge in [0.15, 0.2) is 11.5 Å². The van der Waals surface area contributed by atoms with Crippen LogP contribution in [0.5, 0.6) is 0 Å². The summed E-state index contributed by atoms with van der Waals surface area (Å²) in [6, 6.07) is 26.8.